The van der Waals surface area contributed by atoms with Gasteiger partial charge in [0.15, 0.2) is 0 Å². The van der Waals surface area contributed by atoms with Gasteiger partial charge in [0.25, 0.3) is 5.91 Å². The van der Waals surface area contributed by atoms with Crippen LogP contribution in [-0.4, -0.2) is 36.4 Å². The van der Waals surface area contributed by atoms with Gasteiger partial charge in [0.05, 0.1) is 0 Å². The van der Waals surface area contributed by atoms with Crippen molar-refractivity contribution in [2.75, 3.05) is 25.0 Å². The summed E-state index contributed by atoms with van der Waals surface area (Å²) in [5.41, 5.74) is 1.45. The maximum atomic E-state index is 12.1. The molecule has 0 fully saturated rings. The van der Waals surface area contributed by atoms with Gasteiger partial charge in [-0.3, -0.25) is 9.59 Å². The maximum Gasteiger partial charge on any atom is 0.251 e. The average molecular weight is 292 g/mol. The summed E-state index contributed by atoms with van der Waals surface area (Å²) in [6.45, 7) is 9.07. The van der Waals surface area contributed by atoms with Crippen molar-refractivity contribution >= 4 is 17.6 Å². The minimum Gasteiger partial charge on any atom is -0.370 e. The zero-order chi connectivity index (χ0) is 15.8. The topological polar surface area (TPSA) is 83.1 Å². The van der Waals surface area contributed by atoms with Crippen molar-refractivity contribution in [1.82, 2.24) is 15.6 Å². The molecule has 6 heteroatoms. The number of amides is 2. The normalized spacial score (nSPS) is 10.3. The molecular formula is C15H24N4O2. The number of carbonyl (C=O) groups excluding carboxylic acids is 2. The SMILES string of the molecule is CCNc1cc(C(=O)NCCNC(C)=O)cc(C(C)C)n1. The number of hydrogen-bond acceptors (Lipinski definition) is 4. The van der Waals surface area contributed by atoms with Gasteiger partial charge in [-0.2, -0.15) is 0 Å². The first-order valence-corrected chi connectivity index (χ1v) is 7.22. The summed E-state index contributed by atoms with van der Waals surface area (Å²) in [7, 11) is 0. The maximum absolute atomic E-state index is 12.1. The van der Waals surface area contributed by atoms with Crippen LogP contribution in [-0.2, 0) is 4.79 Å². The van der Waals surface area contributed by atoms with Crippen LogP contribution in [0, 0.1) is 0 Å². The second kappa shape index (κ2) is 8.24. The number of pyridine rings is 1. The summed E-state index contributed by atoms with van der Waals surface area (Å²) in [6, 6.07) is 3.54. The highest BCUT2D eigenvalue weighted by molar-refractivity contribution is 5.95. The van der Waals surface area contributed by atoms with Crippen LogP contribution < -0.4 is 16.0 Å². The van der Waals surface area contributed by atoms with E-state index >= 15 is 0 Å². The van der Waals surface area contributed by atoms with Gasteiger partial charge < -0.3 is 16.0 Å². The van der Waals surface area contributed by atoms with Crippen molar-refractivity contribution in [2.24, 2.45) is 0 Å². The fourth-order valence-electron chi connectivity index (χ4n) is 1.77. The first-order chi connectivity index (χ1) is 9.93. The highest BCUT2D eigenvalue weighted by atomic mass is 16.2. The standard InChI is InChI=1S/C15H24N4O2/c1-5-16-14-9-12(8-13(19-14)10(2)3)15(21)18-7-6-17-11(4)20/h8-10H,5-7H2,1-4H3,(H,16,19)(H,17,20)(H,18,21). The molecule has 0 aromatic carbocycles. The van der Waals surface area contributed by atoms with Crippen LogP contribution in [0.1, 0.15) is 49.7 Å². The molecule has 1 aromatic rings. The van der Waals surface area contributed by atoms with Gasteiger partial charge >= 0.3 is 0 Å². The van der Waals surface area contributed by atoms with E-state index in [-0.39, 0.29) is 17.7 Å². The molecule has 116 valence electrons. The van der Waals surface area contributed by atoms with Crippen LogP contribution >= 0.6 is 0 Å². The van der Waals surface area contributed by atoms with Crippen LogP contribution in [0.25, 0.3) is 0 Å². The van der Waals surface area contributed by atoms with E-state index < -0.39 is 0 Å². The Labute approximate surface area is 125 Å². The number of nitrogens with zero attached hydrogens (tertiary/aromatic N) is 1. The minimum absolute atomic E-state index is 0.107. The van der Waals surface area contributed by atoms with Gasteiger partial charge in [-0.05, 0) is 25.0 Å². The largest absolute Gasteiger partial charge is 0.370 e. The van der Waals surface area contributed by atoms with E-state index in [2.05, 4.69) is 20.9 Å². The summed E-state index contributed by atoms with van der Waals surface area (Å²) in [5.74, 6) is 0.679. The number of aromatic nitrogens is 1. The van der Waals surface area contributed by atoms with Crippen molar-refractivity contribution in [1.29, 1.82) is 0 Å². The Hall–Kier alpha value is -2.11. The quantitative estimate of drug-likeness (QED) is 0.665. The first kappa shape index (κ1) is 16.9. The molecule has 0 spiro atoms. The minimum atomic E-state index is -0.163. The van der Waals surface area contributed by atoms with E-state index in [0.29, 0.717) is 24.5 Å². The van der Waals surface area contributed by atoms with Crippen molar-refractivity contribution in [3.8, 4) is 0 Å². The molecular weight excluding hydrogens is 268 g/mol. The molecule has 1 heterocycles. The van der Waals surface area contributed by atoms with Gasteiger partial charge in [-0.1, -0.05) is 13.8 Å². The van der Waals surface area contributed by atoms with Crippen LogP contribution in [0.2, 0.25) is 0 Å². The number of hydrogen-bond donors (Lipinski definition) is 3. The second-order valence-corrected chi connectivity index (χ2v) is 5.09. The predicted molar refractivity (Wildman–Crippen MR) is 83.5 cm³/mol. The summed E-state index contributed by atoms with van der Waals surface area (Å²) < 4.78 is 0. The summed E-state index contributed by atoms with van der Waals surface area (Å²) in [4.78, 5) is 27.4. The van der Waals surface area contributed by atoms with Gasteiger partial charge in [-0.25, -0.2) is 4.98 Å². The van der Waals surface area contributed by atoms with Gasteiger partial charge in [0, 0.05) is 37.8 Å². The lowest BCUT2D eigenvalue weighted by molar-refractivity contribution is -0.118. The van der Waals surface area contributed by atoms with E-state index in [4.69, 9.17) is 0 Å². The van der Waals surface area contributed by atoms with Gasteiger partial charge in [0.2, 0.25) is 5.91 Å². The van der Waals surface area contributed by atoms with E-state index in [1.54, 1.807) is 12.1 Å². The molecule has 2 amide bonds. The second-order valence-electron chi connectivity index (χ2n) is 5.09. The van der Waals surface area contributed by atoms with Crippen molar-refractivity contribution in [3.05, 3.63) is 23.4 Å². The molecule has 0 bridgehead atoms. The predicted octanol–water partition coefficient (Wildman–Crippen LogP) is 1.50. The molecule has 0 atom stereocenters. The van der Waals surface area contributed by atoms with Crippen LogP contribution in [0.15, 0.2) is 12.1 Å². The molecule has 0 radical (unpaired) electrons. The lowest BCUT2D eigenvalue weighted by Gasteiger charge is -2.12. The lowest BCUT2D eigenvalue weighted by atomic mass is 10.1. The van der Waals surface area contributed by atoms with Gasteiger partial charge in [0.1, 0.15) is 5.82 Å². The lowest BCUT2D eigenvalue weighted by Crippen LogP contribution is -2.33. The molecule has 3 N–H and O–H groups in total. The van der Waals surface area contributed by atoms with E-state index in [1.807, 2.05) is 20.8 Å². The Bertz CT molecular complexity index is 500. The smallest absolute Gasteiger partial charge is 0.251 e. The molecule has 21 heavy (non-hydrogen) atoms. The highest BCUT2D eigenvalue weighted by Gasteiger charge is 2.11. The fourth-order valence-corrected chi connectivity index (χ4v) is 1.77. The molecule has 1 aromatic heterocycles. The monoisotopic (exact) mass is 292 g/mol. The fraction of sp³-hybridized carbons (Fsp3) is 0.533. The molecule has 6 nitrogen and oxygen atoms in total. The zero-order valence-corrected chi connectivity index (χ0v) is 13.1. The van der Waals surface area contributed by atoms with Crippen LogP contribution in [0.5, 0.6) is 0 Å². The van der Waals surface area contributed by atoms with E-state index in [0.717, 1.165) is 12.2 Å². The molecule has 0 saturated heterocycles. The van der Waals surface area contributed by atoms with Gasteiger partial charge in [-0.15, -0.1) is 0 Å². The van der Waals surface area contributed by atoms with Crippen molar-refractivity contribution < 1.29 is 9.59 Å². The summed E-state index contributed by atoms with van der Waals surface area (Å²) >= 11 is 0. The Kier molecular flexibility index (Phi) is 6.65. The molecule has 0 unspecified atom stereocenters. The molecule has 1 rings (SSSR count). The average Bonchev–Trinajstić information content (AvgIpc) is 2.43. The molecule has 0 aliphatic rings. The third-order valence-electron chi connectivity index (χ3n) is 2.84. The number of nitrogens with one attached hydrogen (secondary N) is 3. The molecule has 0 saturated carbocycles. The Morgan fingerprint density at radius 3 is 2.43 bits per heavy atom. The van der Waals surface area contributed by atoms with Crippen LogP contribution in [0.3, 0.4) is 0 Å². The highest BCUT2D eigenvalue weighted by Crippen LogP contribution is 2.17. The Morgan fingerprint density at radius 2 is 1.86 bits per heavy atom. The Balaban J connectivity index is 2.75. The van der Waals surface area contributed by atoms with E-state index in [1.165, 1.54) is 6.92 Å². The molecule has 0 aliphatic carbocycles. The van der Waals surface area contributed by atoms with E-state index in [9.17, 15) is 9.59 Å². The summed E-state index contributed by atoms with van der Waals surface area (Å²) in [6.07, 6.45) is 0. The number of anilines is 1. The van der Waals surface area contributed by atoms with Crippen molar-refractivity contribution in [2.45, 2.75) is 33.6 Å². The number of carbonyl (C=O) groups is 2. The first-order valence-electron chi connectivity index (χ1n) is 7.22. The summed E-state index contributed by atoms with van der Waals surface area (Å²) in [5, 5.41) is 8.55. The third-order valence-corrected chi connectivity index (χ3v) is 2.84. The molecule has 0 aliphatic heterocycles. The van der Waals surface area contributed by atoms with Crippen molar-refractivity contribution in [3.63, 3.8) is 0 Å². The number of rotatable bonds is 7. The Morgan fingerprint density at radius 1 is 1.19 bits per heavy atom. The van der Waals surface area contributed by atoms with Crippen LogP contribution in [0.4, 0.5) is 5.82 Å². The third kappa shape index (κ3) is 5.81. The zero-order valence-electron chi connectivity index (χ0n) is 13.1.